The van der Waals surface area contributed by atoms with Crippen molar-refractivity contribution in [2.75, 3.05) is 56.0 Å². The average Bonchev–Trinajstić information content (AvgIpc) is 2.85. The lowest BCUT2D eigenvalue weighted by Gasteiger charge is -2.37. The number of hydrogen-bond donors (Lipinski definition) is 2. The molecule has 6 nitrogen and oxygen atoms in total. The summed E-state index contributed by atoms with van der Waals surface area (Å²) in [5.74, 6) is -1.18. The molecule has 2 saturated heterocycles. The quantitative estimate of drug-likeness (QED) is 0.496. The van der Waals surface area contributed by atoms with Crippen LogP contribution in [0.15, 0.2) is 36.4 Å². The Labute approximate surface area is 219 Å². The molecular weight excluding hydrogens is 510 g/mol. The molecule has 37 heavy (non-hydrogen) atoms. The molecule has 2 aliphatic rings. The fourth-order valence-electron chi connectivity index (χ4n) is 4.77. The molecule has 0 aliphatic carbocycles. The third-order valence-electron chi connectivity index (χ3n) is 6.95. The number of amides is 1. The SMILES string of the molecule is NC1CCN(Cc2ccc(C(=O)Nc3ccc(Cl)cc3N3CCN(CCC(F)(F)F)CC3)c(F)c2)CC1. The number of benzene rings is 2. The lowest BCUT2D eigenvalue weighted by Crippen LogP contribution is -2.47. The van der Waals surface area contributed by atoms with Crippen molar-refractivity contribution < 1.29 is 22.4 Å². The number of rotatable bonds is 7. The van der Waals surface area contributed by atoms with Crippen molar-refractivity contribution in [1.82, 2.24) is 9.80 Å². The number of piperidine rings is 1. The highest BCUT2D eigenvalue weighted by molar-refractivity contribution is 6.31. The summed E-state index contributed by atoms with van der Waals surface area (Å²) in [5.41, 5.74) is 7.79. The Bertz CT molecular complexity index is 1080. The van der Waals surface area contributed by atoms with Gasteiger partial charge in [-0.05, 0) is 61.8 Å². The van der Waals surface area contributed by atoms with Crippen LogP contribution in [0, 0.1) is 5.82 Å². The van der Waals surface area contributed by atoms with Crippen molar-refractivity contribution in [3.8, 4) is 0 Å². The minimum absolute atomic E-state index is 0.0446. The molecule has 2 aliphatic heterocycles. The zero-order valence-corrected chi connectivity index (χ0v) is 21.3. The third kappa shape index (κ3) is 7.80. The van der Waals surface area contributed by atoms with Crippen molar-refractivity contribution in [3.05, 3.63) is 58.4 Å². The maximum Gasteiger partial charge on any atom is 0.390 e. The number of hydrogen-bond acceptors (Lipinski definition) is 5. The Balaban J connectivity index is 1.39. The number of piperazine rings is 1. The van der Waals surface area contributed by atoms with Gasteiger partial charge in [-0.3, -0.25) is 14.6 Å². The summed E-state index contributed by atoms with van der Waals surface area (Å²) in [5, 5.41) is 3.25. The molecule has 0 atom stereocenters. The molecule has 0 aromatic heterocycles. The van der Waals surface area contributed by atoms with Crippen LogP contribution in [0.2, 0.25) is 5.02 Å². The molecule has 2 aromatic carbocycles. The first-order valence-corrected chi connectivity index (χ1v) is 12.9. The van der Waals surface area contributed by atoms with Crippen LogP contribution in [0.3, 0.4) is 0 Å². The molecule has 2 heterocycles. The topological polar surface area (TPSA) is 64.8 Å². The summed E-state index contributed by atoms with van der Waals surface area (Å²) in [6.45, 7) is 4.14. The molecule has 0 saturated carbocycles. The van der Waals surface area contributed by atoms with E-state index < -0.39 is 24.3 Å². The Morgan fingerprint density at radius 1 is 1.00 bits per heavy atom. The van der Waals surface area contributed by atoms with E-state index in [1.807, 2.05) is 4.90 Å². The van der Waals surface area contributed by atoms with Crippen molar-refractivity contribution in [1.29, 1.82) is 0 Å². The second-order valence-corrected chi connectivity index (χ2v) is 10.2. The van der Waals surface area contributed by atoms with Gasteiger partial charge in [-0.15, -0.1) is 0 Å². The Kier molecular flexibility index (Phi) is 8.94. The molecule has 11 heteroatoms. The summed E-state index contributed by atoms with van der Waals surface area (Å²) >= 11 is 6.20. The van der Waals surface area contributed by atoms with Crippen molar-refractivity contribution >= 4 is 28.9 Å². The second-order valence-electron chi connectivity index (χ2n) is 9.74. The molecular formula is C26H32ClF4N5O. The Hall–Kier alpha value is -2.40. The van der Waals surface area contributed by atoms with E-state index in [-0.39, 0.29) is 18.2 Å². The molecule has 3 N–H and O–H groups in total. The summed E-state index contributed by atoms with van der Waals surface area (Å²) in [7, 11) is 0. The number of anilines is 2. The molecule has 2 aromatic rings. The molecule has 0 bridgehead atoms. The van der Waals surface area contributed by atoms with E-state index >= 15 is 0 Å². The van der Waals surface area contributed by atoms with Crippen LogP contribution in [-0.2, 0) is 6.54 Å². The average molecular weight is 542 g/mol. The number of carbonyl (C=O) groups excluding carboxylic acids is 1. The first-order chi connectivity index (χ1) is 17.6. The van der Waals surface area contributed by atoms with Crippen LogP contribution in [-0.4, -0.2) is 73.7 Å². The second kappa shape index (κ2) is 12.0. The van der Waals surface area contributed by atoms with Crippen LogP contribution in [0.5, 0.6) is 0 Å². The van der Waals surface area contributed by atoms with Crippen LogP contribution in [0.4, 0.5) is 28.9 Å². The number of alkyl halides is 3. The zero-order valence-electron chi connectivity index (χ0n) is 20.5. The van der Waals surface area contributed by atoms with E-state index in [0.29, 0.717) is 49.1 Å². The van der Waals surface area contributed by atoms with Gasteiger partial charge in [0, 0.05) is 50.3 Å². The molecule has 1 amide bonds. The molecule has 0 radical (unpaired) electrons. The molecule has 202 valence electrons. The van der Waals surface area contributed by atoms with Gasteiger partial charge in [0.2, 0.25) is 0 Å². The van der Waals surface area contributed by atoms with E-state index in [1.165, 1.54) is 12.1 Å². The van der Waals surface area contributed by atoms with Gasteiger partial charge in [0.1, 0.15) is 5.82 Å². The highest BCUT2D eigenvalue weighted by Crippen LogP contribution is 2.31. The lowest BCUT2D eigenvalue weighted by molar-refractivity contribution is -0.138. The van der Waals surface area contributed by atoms with Crippen molar-refractivity contribution in [3.63, 3.8) is 0 Å². The van der Waals surface area contributed by atoms with Gasteiger partial charge >= 0.3 is 6.18 Å². The minimum Gasteiger partial charge on any atom is -0.367 e. The van der Waals surface area contributed by atoms with Gasteiger partial charge in [0.15, 0.2) is 0 Å². The van der Waals surface area contributed by atoms with Gasteiger partial charge in [-0.2, -0.15) is 13.2 Å². The van der Waals surface area contributed by atoms with Crippen LogP contribution >= 0.6 is 11.6 Å². The van der Waals surface area contributed by atoms with Gasteiger partial charge in [0.25, 0.3) is 5.91 Å². The highest BCUT2D eigenvalue weighted by atomic mass is 35.5. The van der Waals surface area contributed by atoms with Crippen molar-refractivity contribution in [2.24, 2.45) is 5.73 Å². The number of carbonyl (C=O) groups is 1. The van der Waals surface area contributed by atoms with Gasteiger partial charge in [0.05, 0.1) is 23.4 Å². The van der Waals surface area contributed by atoms with Gasteiger partial charge < -0.3 is 16.0 Å². The summed E-state index contributed by atoms with van der Waals surface area (Å²) < 4.78 is 52.6. The van der Waals surface area contributed by atoms with E-state index in [4.69, 9.17) is 17.3 Å². The smallest absolute Gasteiger partial charge is 0.367 e. The predicted molar refractivity (Wildman–Crippen MR) is 138 cm³/mol. The van der Waals surface area contributed by atoms with Crippen LogP contribution in [0.1, 0.15) is 35.2 Å². The Morgan fingerprint density at radius 2 is 1.70 bits per heavy atom. The van der Waals surface area contributed by atoms with Crippen molar-refractivity contribution in [2.45, 2.75) is 38.0 Å². The van der Waals surface area contributed by atoms with E-state index in [1.54, 1.807) is 29.2 Å². The Morgan fingerprint density at radius 3 is 2.35 bits per heavy atom. The summed E-state index contributed by atoms with van der Waals surface area (Å²) in [6.07, 6.45) is -3.21. The van der Waals surface area contributed by atoms with E-state index in [0.717, 1.165) is 31.5 Å². The summed E-state index contributed by atoms with van der Waals surface area (Å²) in [4.78, 5) is 18.9. The third-order valence-corrected chi connectivity index (χ3v) is 7.18. The van der Waals surface area contributed by atoms with Gasteiger partial charge in [-0.1, -0.05) is 17.7 Å². The molecule has 0 unspecified atom stereocenters. The fourth-order valence-corrected chi connectivity index (χ4v) is 4.94. The number of likely N-dealkylation sites (tertiary alicyclic amines) is 1. The lowest BCUT2D eigenvalue weighted by atomic mass is 10.0. The number of nitrogens with two attached hydrogens (primary N) is 1. The van der Waals surface area contributed by atoms with Gasteiger partial charge in [-0.25, -0.2) is 4.39 Å². The largest absolute Gasteiger partial charge is 0.390 e. The molecule has 0 spiro atoms. The summed E-state index contributed by atoms with van der Waals surface area (Å²) in [6, 6.07) is 9.84. The molecule has 4 rings (SSSR count). The maximum absolute atomic E-state index is 14.9. The van der Waals surface area contributed by atoms with E-state index in [9.17, 15) is 22.4 Å². The first-order valence-electron chi connectivity index (χ1n) is 12.5. The first kappa shape index (κ1) is 27.6. The number of nitrogens with one attached hydrogen (secondary N) is 1. The maximum atomic E-state index is 14.9. The number of halogens is 5. The number of nitrogens with zero attached hydrogens (tertiary/aromatic N) is 3. The van der Waals surface area contributed by atoms with Crippen LogP contribution < -0.4 is 16.0 Å². The highest BCUT2D eigenvalue weighted by Gasteiger charge is 2.29. The molecule has 2 fully saturated rings. The minimum atomic E-state index is -4.18. The predicted octanol–water partition coefficient (Wildman–Crippen LogP) is 4.73. The zero-order chi connectivity index (χ0) is 26.6. The van der Waals surface area contributed by atoms with E-state index in [2.05, 4.69) is 10.2 Å². The fraction of sp³-hybridized carbons (Fsp3) is 0.500. The van der Waals surface area contributed by atoms with Crippen LogP contribution in [0.25, 0.3) is 0 Å². The standard InChI is InChI=1S/C26H32ClF4N5O/c27-19-2-4-23(24(16-19)36-13-11-34(12-14-36)10-7-26(29,30)31)33-25(37)21-3-1-18(15-22(21)28)17-35-8-5-20(32)6-9-35/h1-4,15-16,20H,5-14,17,32H2,(H,33,37). The monoisotopic (exact) mass is 541 g/mol. The normalized spacial score (nSPS) is 18.3.